The molecule has 0 aliphatic rings. The first kappa shape index (κ1) is 12.5. The second-order valence-corrected chi connectivity index (χ2v) is 4.61. The van der Waals surface area contributed by atoms with Gasteiger partial charge in [-0.25, -0.2) is 4.39 Å². The summed E-state index contributed by atoms with van der Waals surface area (Å²) in [6.07, 6.45) is 1.31. The van der Waals surface area contributed by atoms with Gasteiger partial charge >= 0.3 is 0 Å². The summed E-state index contributed by atoms with van der Waals surface area (Å²) in [5, 5.41) is 13.2. The molecule has 98 valence electrons. The fraction of sp³-hybridized carbons (Fsp3) is 0.0769. The van der Waals surface area contributed by atoms with Gasteiger partial charge in [-0.05, 0) is 24.6 Å². The van der Waals surface area contributed by atoms with Crippen molar-refractivity contribution in [3.63, 3.8) is 0 Å². The van der Waals surface area contributed by atoms with E-state index in [1.54, 1.807) is 13.0 Å². The lowest BCUT2D eigenvalue weighted by Gasteiger charge is -2.08. The third-order valence-corrected chi connectivity index (χ3v) is 3.03. The number of rotatable bonds is 1. The van der Waals surface area contributed by atoms with Gasteiger partial charge in [-0.15, -0.1) is 0 Å². The standard InChI is InChI=1S/C13H7ClFN5/c1-7-2-8(5-16)12(15)9(3-7)10-4-11(14)19-13-17-6-18-20(10)13/h2-4,6H,1H3. The van der Waals surface area contributed by atoms with Crippen LogP contribution in [0.3, 0.4) is 0 Å². The maximum Gasteiger partial charge on any atom is 0.254 e. The first-order valence-corrected chi connectivity index (χ1v) is 6.05. The highest BCUT2D eigenvalue weighted by atomic mass is 35.5. The lowest BCUT2D eigenvalue weighted by Crippen LogP contribution is -2.00. The molecule has 0 aliphatic carbocycles. The Morgan fingerprint density at radius 3 is 2.90 bits per heavy atom. The van der Waals surface area contributed by atoms with Gasteiger partial charge in [-0.2, -0.15) is 24.8 Å². The third kappa shape index (κ3) is 1.89. The van der Waals surface area contributed by atoms with Crippen LogP contribution in [0.25, 0.3) is 17.0 Å². The molecule has 0 spiro atoms. The van der Waals surface area contributed by atoms with Gasteiger partial charge in [0.25, 0.3) is 5.78 Å². The largest absolute Gasteiger partial charge is 0.254 e. The first-order valence-electron chi connectivity index (χ1n) is 5.67. The molecule has 1 aromatic carbocycles. The molecule has 2 heterocycles. The molecule has 5 nitrogen and oxygen atoms in total. The average Bonchev–Trinajstić information content (AvgIpc) is 2.88. The minimum absolute atomic E-state index is 0.0267. The van der Waals surface area contributed by atoms with Crippen molar-refractivity contribution in [1.82, 2.24) is 19.6 Å². The quantitative estimate of drug-likeness (QED) is 0.645. The van der Waals surface area contributed by atoms with Crippen LogP contribution >= 0.6 is 11.6 Å². The first-order chi connectivity index (χ1) is 9.60. The number of nitriles is 1. The molecule has 20 heavy (non-hydrogen) atoms. The van der Waals surface area contributed by atoms with E-state index in [1.807, 2.05) is 6.07 Å². The summed E-state index contributed by atoms with van der Waals surface area (Å²) in [4.78, 5) is 7.91. The maximum absolute atomic E-state index is 14.4. The second kappa shape index (κ2) is 4.54. The Hall–Kier alpha value is -2.52. The van der Waals surface area contributed by atoms with Crippen molar-refractivity contribution in [3.8, 4) is 17.3 Å². The highest BCUT2D eigenvalue weighted by Crippen LogP contribution is 2.27. The number of aromatic nitrogens is 4. The number of fused-ring (bicyclic) bond motifs is 1. The Morgan fingerprint density at radius 1 is 1.35 bits per heavy atom. The smallest absolute Gasteiger partial charge is 0.205 e. The highest BCUT2D eigenvalue weighted by Gasteiger charge is 2.16. The molecule has 3 aromatic rings. The minimum atomic E-state index is -0.614. The van der Waals surface area contributed by atoms with Gasteiger partial charge in [-0.1, -0.05) is 11.6 Å². The number of hydrogen-bond acceptors (Lipinski definition) is 4. The molecular formula is C13H7ClFN5. The molecule has 0 saturated carbocycles. The van der Waals surface area contributed by atoms with Crippen molar-refractivity contribution in [2.75, 3.05) is 0 Å². The molecule has 0 bridgehead atoms. The van der Waals surface area contributed by atoms with Crippen LogP contribution in [-0.4, -0.2) is 19.6 Å². The van der Waals surface area contributed by atoms with Crippen LogP contribution in [0.4, 0.5) is 4.39 Å². The zero-order valence-electron chi connectivity index (χ0n) is 10.3. The normalized spacial score (nSPS) is 10.7. The fourth-order valence-corrected chi connectivity index (χ4v) is 2.19. The monoisotopic (exact) mass is 287 g/mol. The van der Waals surface area contributed by atoms with Crippen molar-refractivity contribution in [2.45, 2.75) is 6.92 Å². The van der Waals surface area contributed by atoms with Crippen LogP contribution in [0.15, 0.2) is 24.5 Å². The number of hydrogen-bond donors (Lipinski definition) is 0. The van der Waals surface area contributed by atoms with Crippen LogP contribution in [0.1, 0.15) is 11.1 Å². The fourth-order valence-electron chi connectivity index (χ4n) is 2.01. The molecule has 0 N–H and O–H groups in total. The molecule has 0 unspecified atom stereocenters. The molecule has 0 saturated heterocycles. The topological polar surface area (TPSA) is 66.9 Å². The van der Waals surface area contributed by atoms with Crippen molar-refractivity contribution in [2.24, 2.45) is 0 Å². The van der Waals surface area contributed by atoms with Gasteiger partial charge in [0.15, 0.2) is 0 Å². The van der Waals surface area contributed by atoms with Gasteiger partial charge in [0.2, 0.25) is 0 Å². The molecule has 0 fully saturated rings. The van der Waals surface area contributed by atoms with Crippen molar-refractivity contribution < 1.29 is 4.39 Å². The SMILES string of the molecule is Cc1cc(C#N)c(F)c(-c2cc(Cl)nc3ncnn23)c1. The predicted molar refractivity (Wildman–Crippen MR) is 70.6 cm³/mol. The number of aryl methyl sites for hydroxylation is 1. The predicted octanol–water partition coefficient (Wildman–Crippen LogP) is 2.76. The lowest BCUT2D eigenvalue weighted by atomic mass is 10.0. The molecule has 0 amide bonds. The lowest BCUT2D eigenvalue weighted by molar-refractivity contribution is 0.625. The van der Waals surface area contributed by atoms with E-state index >= 15 is 0 Å². The van der Waals surface area contributed by atoms with Gasteiger partial charge in [0, 0.05) is 11.6 Å². The van der Waals surface area contributed by atoms with Gasteiger partial charge in [0.1, 0.15) is 23.4 Å². The van der Waals surface area contributed by atoms with E-state index in [4.69, 9.17) is 16.9 Å². The Balaban J connectivity index is 2.39. The molecule has 3 rings (SSSR count). The maximum atomic E-state index is 14.4. The highest BCUT2D eigenvalue weighted by molar-refractivity contribution is 6.29. The Labute approximate surface area is 118 Å². The zero-order valence-corrected chi connectivity index (χ0v) is 11.1. The Morgan fingerprint density at radius 2 is 2.15 bits per heavy atom. The van der Waals surface area contributed by atoms with Gasteiger partial charge in [0.05, 0.1) is 11.3 Å². The van der Waals surface area contributed by atoms with E-state index in [0.717, 1.165) is 5.56 Å². The molecule has 0 radical (unpaired) electrons. The third-order valence-electron chi connectivity index (χ3n) is 2.83. The molecule has 2 aromatic heterocycles. The Bertz CT molecular complexity index is 865. The number of nitrogens with zero attached hydrogens (tertiary/aromatic N) is 5. The summed E-state index contributed by atoms with van der Waals surface area (Å²) in [7, 11) is 0. The second-order valence-electron chi connectivity index (χ2n) is 4.22. The van der Waals surface area contributed by atoms with Crippen LogP contribution in [0.2, 0.25) is 5.15 Å². The molecule has 0 aliphatic heterocycles. The zero-order chi connectivity index (χ0) is 14.3. The Kier molecular flexibility index (Phi) is 2.84. The van der Waals surface area contributed by atoms with Gasteiger partial charge < -0.3 is 0 Å². The number of halogens is 2. The summed E-state index contributed by atoms with van der Waals surface area (Å²) in [5.41, 5.74) is 1.37. The number of benzene rings is 1. The summed E-state index contributed by atoms with van der Waals surface area (Å²) in [5.74, 6) is -0.343. The van der Waals surface area contributed by atoms with Gasteiger partial charge in [-0.3, -0.25) is 0 Å². The molecular weight excluding hydrogens is 281 g/mol. The molecule has 0 atom stereocenters. The van der Waals surface area contributed by atoms with E-state index in [1.165, 1.54) is 23.0 Å². The van der Waals surface area contributed by atoms with E-state index in [-0.39, 0.29) is 22.1 Å². The average molecular weight is 288 g/mol. The summed E-state index contributed by atoms with van der Waals surface area (Å²) >= 11 is 5.92. The van der Waals surface area contributed by atoms with Crippen molar-refractivity contribution in [3.05, 3.63) is 46.6 Å². The van der Waals surface area contributed by atoms with Crippen molar-refractivity contribution in [1.29, 1.82) is 5.26 Å². The van der Waals surface area contributed by atoms with Crippen LogP contribution in [0.5, 0.6) is 0 Å². The van der Waals surface area contributed by atoms with Crippen LogP contribution < -0.4 is 0 Å². The summed E-state index contributed by atoms with van der Waals surface area (Å²) in [6, 6.07) is 6.44. The molecule has 7 heteroatoms. The van der Waals surface area contributed by atoms with E-state index in [0.29, 0.717) is 5.69 Å². The van der Waals surface area contributed by atoms with E-state index in [2.05, 4.69) is 15.1 Å². The summed E-state index contributed by atoms with van der Waals surface area (Å²) in [6.45, 7) is 1.78. The van der Waals surface area contributed by atoms with E-state index < -0.39 is 5.82 Å². The van der Waals surface area contributed by atoms with Crippen molar-refractivity contribution >= 4 is 17.4 Å². The minimum Gasteiger partial charge on any atom is -0.205 e. The van der Waals surface area contributed by atoms with Crippen LogP contribution in [-0.2, 0) is 0 Å². The summed E-state index contributed by atoms with van der Waals surface area (Å²) < 4.78 is 15.7. The van der Waals surface area contributed by atoms with Crippen LogP contribution in [0, 0.1) is 24.1 Å². The van der Waals surface area contributed by atoms with E-state index in [9.17, 15) is 4.39 Å².